The molecule has 4 nitrogen and oxygen atoms in total. The molecule has 130 valence electrons. The van der Waals surface area contributed by atoms with Crippen molar-refractivity contribution in [2.24, 2.45) is 0 Å². The fourth-order valence-electron chi connectivity index (χ4n) is 2.89. The predicted octanol–water partition coefficient (Wildman–Crippen LogP) is 3.92. The summed E-state index contributed by atoms with van der Waals surface area (Å²) < 4.78 is 34.3. The molecule has 0 saturated carbocycles. The molecule has 0 N–H and O–H groups in total. The van der Waals surface area contributed by atoms with Gasteiger partial charge in [0.05, 0.1) is 4.90 Å². The van der Waals surface area contributed by atoms with Gasteiger partial charge in [-0.25, -0.2) is 8.42 Å². The number of halogens is 1. The highest BCUT2D eigenvalue weighted by Crippen LogP contribution is 2.25. The molecule has 0 aliphatic carbocycles. The molecule has 1 aliphatic rings. The summed E-state index contributed by atoms with van der Waals surface area (Å²) in [6.45, 7) is 1.75. The maximum absolute atomic E-state index is 13.2. The van der Waals surface area contributed by atoms with Crippen molar-refractivity contribution in [3.63, 3.8) is 0 Å². The Kier molecular flexibility index (Phi) is 6.10. The third-order valence-electron chi connectivity index (χ3n) is 4.18. The van der Waals surface area contributed by atoms with E-state index < -0.39 is 10.0 Å². The lowest BCUT2D eigenvalue weighted by molar-refractivity contribution is 0.0587. The first kappa shape index (κ1) is 18.1. The molecule has 1 aliphatic heterocycles. The van der Waals surface area contributed by atoms with Gasteiger partial charge in [0.15, 0.2) is 0 Å². The van der Waals surface area contributed by atoms with E-state index >= 15 is 0 Å². The van der Waals surface area contributed by atoms with Gasteiger partial charge in [0.2, 0.25) is 10.0 Å². The summed E-state index contributed by atoms with van der Waals surface area (Å²) in [5.41, 5.74) is 0. The molecule has 0 atom stereocenters. The van der Waals surface area contributed by atoms with E-state index in [-0.39, 0.29) is 6.04 Å². The molecule has 3 rings (SSSR count). The Labute approximate surface area is 155 Å². The molecule has 0 radical (unpaired) electrons. The van der Waals surface area contributed by atoms with Crippen LogP contribution >= 0.6 is 27.3 Å². The molecular weight excluding hydrogens is 410 g/mol. The quantitative estimate of drug-likeness (QED) is 0.698. The maximum Gasteiger partial charge on any atom is 0.243 e. The van der Waals surface area contributed by atoms with Gasteiger partial charge in [-0.3, -0.25) is 0 Å². The van der Waals surface area contributed by atoms with E-state index in [1.807, 2.05) is 11.4 Å². The Hall–Kier alpha value is -0.730. The Morgan fingerprint density at radius 1 is 1.17 bits per heavy atom. The van der Waals surface area contributed by atoms with Crippen LogP contribution in [0.4, 0.5) is 0 Å². The van der Waals surface area contributed by atoms with Crippen molar-refractivity contribution in [1.82, 2.24) is 4.31 Å². The van der Waals surface area contributed by atoms with Gasteiger partial charge in [0, 0.05) is 35.2 Å². The highest BCUT2D eigenvalue weighted by Gasteiger charge is 2.32. The van der Waals surface area contributed by atoms with Crippen LogP contribution in [0.15, 0.2) is 51.1 Å². The fourth-order valence-corrected chi connectivity index (χ4v) is 5.54. The van der Waals surface area contributed by atoms with Crippen molar-refractivity contribution in [2.75, 3.05) is 19.8 Å². The lowest BCUT2D eigenvalue weighted by atomic mass is 10.1. The van der Waals surface area contributed by atoms with E-state index in [1.165, 1.54) is 4.88 Å². The van der Waals surface area contributed by atoms with Crippen molar-refractivity contribution in [1.29, 1.82) is 0 Å². The fraction of sp³-hybridized carbons (Fsp3) is 0.412. The second-order valence-electron chi connectivity index (χ2n) is 5.74. The molecule has 24 heavy (non-hydrogen) atoms. The topological polar surface area (TPSA) is 46.6 Å². The number of nitrogens with zero attached hydrogens (tertiary/aromatic N) is 1. The van der Waals surface area contributed by atoms with Gasteiger partial charge in [-0.2, -0.15) is 4.31 Å². The summed E-state index contributed by atoms with van der Waals surface area (Å²) in [7, 11) is -3.51. The van der Waals surface area contributed by atoms with Gasteiger partial charge in [-0.15, -0.1) is 11.3 Å². The predicted molar refractivity (Wildman–Crippen MR) is 99.9 cm³/mol. The second kappa shape index (κ2) is 8.10. The first-order valence-corrected chi connectivity index (χ1v) is 11.1. The Balaban J connectivity index is 1.85. The van der Waals surface area contributed by atoms with Gasteiger partial charge in [0.25, 0.3) is 0 Å². The van der Waals surface area contributed by atoms with Crippen LogP contribution in [-0.4, -0.2) is 38.5 Å². The third kappa shape index (κ3) is 4.26. The van der Waals surface area contributed by atoms with Crippen LogP contribution < -0.4 is 0 Å². The van der Waals surface area contributed by atoms with Crippen LogP contribution in [-0.2, 0) is 21.2 Å². The van der Waals surface area contributed by atoms with Crippen molar-refractivity contribution in [3.8, 4) is 0 Å². The number of rotatable bonds is 6. The van der Waals surface area contributed by atoms with Crippen molar-refractivity contribution in [2.45, 2.75) is 30.2 Å². The number of hydrogen-bond acceptors (Lipinski definition) is 4. The number of sulfonamides is 1. The van der Waals surface area contributed by atoms with Gasteiger partial charge >= 0.3 is 0 Å². The largest absolute Gasteiger partial charge is 0.381 e. The van der Waals surface area contributed by atoms with Crippen molar-refractivity contribution >= 4 is 37.3 Å². The van der Waals surface area contributed by atoms with Crippen LogP contribution in [0, 0.1) is 0 Å². The number of thiophene rings is 1. The van der Waals surface area contributed by atoms with E-state index in [2.05, 4.69) is 22.0 Å². The average molecular weight is 430 g/mol. The van der Waals surface area contributed by atoms with Gasteiger partial charge in [-0.1, -0.05) is 22.0 Å². The van der Waals surface area contributed by atoms with Crippen LogP contribution in [0.3, 0.4) is 0 Å². The highest BCUT2D eigenvalue weighted by atomic mass is 79.9. The third-order valence-corrected chi connectivity index (χ3v) is 7.61. The molecule has 1 saturated heterocycles. The lowest BCUT2D eigenvalue weighted by Crippen LogP contribution is -2.44. The smallest absolute Gasteiger partial charge is 0.243 e. The standard InChI is InChI=1S/C17H20BrNO3S2/c18-14-3-5-17(6-4-14)24(20,21)19(15-8-11-22-12-9-15)10-7-16-2-1-13-23-16/h1-6,13,15H,7-12H2. The molecule has 0 unspecified atom stereocenters. The second-order valence-corrected chi connectivity index (χ2v) is 9.58. The van der Waals surface area contributed by atoms with Crippen LogP contribution in [0.1, 0.15) is 17.7 Å². The van der Waals surface area contributed by atoms with Crippen molar-refractivity contribution in [3.05, 3.63) is 51.1 Å². The minimum Gasteiger partial charge on any atom is -0.381 e. The molecule has 0 bridgehead atoms. The molecule has 0 amide bonds. The normalized spacial score (nSPS) is 16.6. The highest BCUT2D eigenvalue weighted by molar-refractivity contribution is 9.10. The minimum absolute atomic E-state index is 0.00681. The Bertz CT molecular complexity index is 739. The summed E-state index contributed by atoms with van der Waals surface area (Å²) in [5, 5.41) is 2.03. The SMILES string of the molecule is O=S(=O)(c1ccc(Br)cc1)N(CCc1cccs1)C1CCOCC1. The van der Waals surface area contributed by atoms with E-state index in [0.717, 1.165) is 23.7 Å². The number of hydrogen-bond donors (Lipinski definition) is 0. The summed E-state index contributed by atoms with van der Waals surface area (Å²) in [6, 6.07) is 10.9. The molecule has 7 heteroatoms. The van der Waals surface area contributed by atoms with Crippen LogP contribution in [0.5, 0.6) is 0 Å². The monoisotopic (exact) mass is 429 g/mol. The average Bonchev–Trinajstić information content (AvgIpc) is 3.10. The molecule has 2 aromatic rings. The minimum atomic E-state index is -3.51. The maximum atomic E-state index is 13.2. The van der Waals surface area contributed by atoms with Crippen molar-refractivity contribution < 1.29 is 13.2 Å². The molecule has 2 heterocycles. The molecule has 1 aromatic heterocycles. The lowest BCUT2D eigenvalue weighted by Gasteiger charge is -2.33. The van der Waals surface area contributed by atoms with E-state index in [4.69, 9.17) is 4.74 Å². The summed E-state index contributed by atoms with van der Waals surface area (Å²) in [6.07, 6.45) is 2.24. The zero-order valence-corrected chi connectivity index (χ0v) is 16.4. The zero-order valence-electron chi connectivity index (χ0n) is 13.2. The van der Waals surface area contributed by atoms with Gasteiger partial charge < -0.3 is 4.74 Å². The van der Waals surface area contributed by atoms with Crippen LogP contribution in [0.25, 0.3) is 0 Å². The summed E-state index contributed by atoms with van der Waals surface area (Å²) in [5.74, 6) is 0. The van der Waals surface area contributed by atoms with E-state index in [9.17, 15) is 8.42 Å². The van der Waals surface area contributed by atoms with E-state index in [1.54, 1.807) is 39.9 Å². The van der Waals surface area contributed by atoms with E-state index in [0.29, 0.717) is 24.7 Å². The molecule has 0 spiro atoms. The summed E-state index contributed by atoms with van der Waals surface area (Å²) in [4.78, 5) is 1.56. The molecule has 1 aromatic carbocycles. The van der Waals surface area contributed by atoms with Gasteiger partial charge in [-0.05, 0) is 55.0 Å². The van der Waals surface area contributed by atoms with Crippen LogP contribution in [0.2, 0.25) is 0 Å². The van der Waals surface area contributed by atoms with Gasteiger partial charge in [0.1, 0.15) is 0 Å². The Morgan fingerprint density at radius 2 is 1.88 bits per heavy atom. The number of ether oxygens (including phenoxy) is 1. The summed E-state index contributed by atoms with van der Waals surface area (Å²) >= 11 is 5.03. The Morgan fingerprint density at radius 3 is 2.50 bits per heavy atom. The first-order valence-electron chi connectivity index (χ1n) is 7.95. The molecule has 1 fully saturated rings. The number of benzene rings is 1. The first-order chi connectivity index (χ1) is 11.6. The zero-order chi connectivity index (χ0) is 17.0. The molecular formula is C17H20BrNO3S2.